The molecule has 1 heterocycles. The maximum atomic E-state index is 12.8. The summed E-state index contributed by atoms with van der Waals surface area (Å²) in [6.45, 7) is 10.9. The first-order valence-corrected chi connectivity index (χ1v) is 12.2. The van der Waals surface area contributed by atoms with E-state index in [9.17, 15) is 9.59 Å². The summed E-state index contributed by atoms with van der Waals surface area (Å²) in [7, 11) is 0. The Morgan fingerprint density at radius 3 is 2.15 bits per heavy atom. The van der Waals surface area contributed by atoms with Crippen LogP contribution in [-0.2, 0) is 11.3 Å². The van der Waals surface area contributed by atoms with Crippen LogP contribution in [0.2, 0.25) is 0 Å². The molecule has 2 aromatic rings. The van der Waals surface area contributed by atoms with E-state index < -0.39 is 6.04 Å². The molecular formula is C27H38N4O2. The van der Waals surface area contributed by atoms with Gasteiger partial charge in [0.1, 0.15) is 6.04 Å². The molecule has 0 radical (unpaired) electrons. The molecule has 6 nitrogen and oxygen atoms in total. The fraction of sp³-hybridized carbons (Fsp3) is 0.481. The molecule has 0 aliphatic carbocycles. The highest BCUT2D eigenvalue weighted by Gasteiger charge is 2.26. The number of nitrogens with one attached hydrogen (secondary N) is 2. The number of carbonyl (C=O) groups excluding carboxylic acids is 2. The lowest BCUT2D eigenvalue weighted by molar-refractivity contribution is -0.124. The van der Waals surface area contributed by atoms with Crippen molar-refractivity contribution in [3.05, 3.63) is 71.8 Å². The monoisotopic (exact) mass is 450 g/mol. The Morgan fingerprint density at radius 1 is 0.909 bits per heavy atom. The summed E-state index contributed by atoms with van der Waals surface area (Å²) in [5, 5.41) is 5.98. The van der Waals surface area contributed by atoms with Crippen molar-refractivity contribution in [1.82, 2.24) is 20.4 Å². The molecule has 3 rings (SSSR count). The summed E-state index contributed by atoms with van der Waals surface area (Å²) in [4.78, 5) is 30.4. The minimum absolute atomic E-state index is 0.0651. The van der Waals surface area contributed by atoms with E-state index in [1.807, 2.05) is 32.0 Å². The fourth-order valence-corrected chi connectivity index (χ4v) is 4.15. The molecule has 1 fully saturated rings. The Kier molecular flexibility index (Phi) is 9.91. The van der Waals surface area contributed by atoms with Gasteiger partial charge in [0.25, 0.3) is 5.91 Å². The highest BCUT2D eigenvalue weighted by Crippen LogP contribution is 2.11. The average molecular weight is 451 g/mol. The molecule has 2 unspecified atom stereocenters. The van der Waals surface area contributed by atoms with Gasteiger partial charge in [-0.15, -0.1) is 0 Å². The zero-order chi connectivity index (χ0) is 23.5. The van der Waals surface area contributed by atoms with Crippen molar-refractivity contribution in [1.29, 1.82) is 0 Å². The highest BCUT2D eigenvalue weighted by molar-refractivity contribution is 5.97. The van der Waals surface area contributed by atoms with E-state index in [2.05, 4.69) is 50.8 Å². The number of nitrogens with zero attached hydrogens (tertiary/aromatic N) is 2. The Bertz CT molecular complexity index is 851. The summed E-state index contributed by atoms with van der Waals surface area (Å²) in [5.41, 5.74) is 1.94. The third-order valence-electron chi connectivity index (χ3n) is 6.48. The van der Waals surface area contributed by atoms with Crippen LogP contribution in [0.5, 0.6) is 0 Å². The minimum atomic E-state index is -0.524. The Hall–Kier alpha value is -2.70. The van der Waals surface area contributed by atoms with Crippen LogP contribution in [0.4, 0.5) is 0 Å². The van der Waals surface area contributed by atoms with Crippen LogP contribution in [0, 0.1) is 5.92 Å². The molecule has 1 aliphatic rings. The van der Waals surface area contributed by atoms with Crippen molar-refractivity contribution in [3.63, 3.8) is 0 Å². The van der Waals surface area contributed by atoms with E-state index >= 15 is 0 Å². The maximum absolute atomic E-state index is 12.8. The molecule has 0 bridgehead atoms. The molecule has 2 amide bonds. The lowest BCUT2D eigenvalue weighted by atomic mass is 9.97. The third-order valence-corrected chi connectivity index (χ3v) is 6.48. The molecule has 0 aromatic heterocycles. The molecule has 6 heteroatoms. The van der Waals surface area contributed by atoms with Crippen molar-refractivity contribution < 1.29 is 9.59 Å². The van der Waals surface area contributed by atoms with Gasteiger partial charge in [-0.1, -0.05) is 68.8 Å². The SMILES string of the molecule is CCC(C)C(NC(=O)c1ccccc1)C(=O)NCCCN1CCN(Cc2ccccc2)CC1. The molecule has 0 saturated carbocycles. The first-order valence-electron chi connectivity index (χ1n) is 12.2. The molecule has 1 saturated heterocycles. The van der Waals surface area contributed by atoms with Crippen LogP contribution in [0.25, 0.3) is 0 Å². The Labute approximate surface area is 198 Å². The molecule has 2 N–H and O–H groups in total. The van der Waals surface area contributed by atoms with Gasteiger partial charge in [-0.25, -0.2) is 0 Å². The lowest BCUT2D eigenvalue weighted by Crippen LogP contribution is -2.51. The van der Waals surface area contributed by atoms with E-state index in [4.69, 9.17) is 0 Å². The van der Waals surface area contributed by atoms with Crippen LogP contribution in [0.3, 0.4) is 0 Å². The van der Waals surface area contributed by atoms with Crippen molar-refractivity contribution in [2.45, 2.75) is 39.3 Å². The molecular weight excluding hydrogens is 412 g/mol. The van der Waals surface area contributed by atoms with Gasteiger partial charge < -0.3 is 15.5 Å². The minimum Gasteiger partial charge on any atom is -0.354 e. The first-order chi connectivity index (χ1) is 16.1. The van der Waals surface area contributed by atoms with Gasteiger partial charge in [-0.05, 0) is 36.6 Å². The zero-order valence-corrected chi connectivity index (χ0v) is 20.0. The van der Waals surface area contributed by atoms with E-state index in [1.54, 1.807) is 12.1 Å². The van der Waals surface area contributed by atoms with Crippen LogP contribution < -0.4 is 10.6 Å². The topological polar surface area (TPSA) is 64.7 Å². The Morgan fingerprint density at radius 2 is 1.52 bits per heavy atom. The second-order valence-corrected chi connectivity index (χ2v) is 8.95. The molecule has 178 valence electrons. The van der Waals surface area contributed by atoms with Crippen LogP contribution >= 0.6 is 0 Å². The van der Waals surface area contributed by atoms with Gasteiger partial charge in [0, 0.05) is 44.8 Å². The van der Waals surface area contributed by atoms with E-state index in [0.29, 0.717) is 12.1 Å². The summed E-state index contributed by atoms with van der Waals surface area (Å²) in [6, 6.07) is 19.2. The maximum Gasteiger partial charge on any atom is 0.251 e. The van der Waals surface area contributed by atoms with Gasteiger partial charge in [0.05, 0.1) is 0 Å². The molecule has 2 aromatic carbocycles. The average Bonchev–Trinajstić information content (AvgIpc) is 2.86. The second kappa shape index (κ2) is 13.1. The smallest absolute Gasteiger partial charge is 0.251 e. The summed E-state index contributed by atoms with van der Waals surface area (Å²) < 4.78 is 0. The van der Waals surface area contributed by atoms with Gasteiger partial charge in [0.2, 0.25) is 5.91 Å². The normalized spacial score (nSPS) is 16.7. The molecule has 1 aliphatic heterocycles. The van der Waals surface area contributed by atoms with Crippen molar-refractivity contribution in [3.8, 4) is 0 Å². The standard InChI is InChI=1S/C27H38N4O2/c1-3-22(2)25(29-26(32)24-13-8-5-9-14-24)27(33)28-15-10-16-30-17-19-31(20-18-30)21-23-11-6-4-7-12-23/h4-9,11-14,22,25H,3,10,15-21H2,1-2H3,(H,28,33)(H,29,32). The van der Waals surface area contributed by atoms with Crippen molar-refractivity contribution >= 4 is 11.8 Å². The Balaban J connectivity index is 1.37. The number of carbonyl (C=O) groups is 2. The molecule has 2 atom stereocenters. The quantitative estimate of drug-likeness (QED) is 0.516. The summed E-state index contributed by atoms with van der Waals surface area (Å²) in [6.07, 6.45) is 1.73. The zero-order valence-electron chi connectivity index (χ0n) is 20.0. The lowest BCUT2D eigenvalue weighted by Gasteiger charge is -2.34. The first kappa shape index (κ1) is 24.9. The van der Waals surface area contributed by atoms with Gasteiger partial charge >= 0.3 is 0 Å². The van der Waals surface area contributed by atoms with Crippen molar-refractivity contribution in [2.24, 2.45) is 5.92 Å². The predicted octanol–water partition coefficient (Wildman–Crippen LogP) is 3.16. The molecule has 0 spiro atoms. The van der Waals surface area contributed by atoms with E-state index in [0.717, 1.165) is 52.1 Å². The number of hydrogen-bond acceptors (Lipinski definition) is 4. The van der Waals surface area contributed by atoms with Gasteiger partial charge in [-0.3, -0.25) is 14.5 Å². The van der Waals surface area contributed by atoms with Gasteiger partial charge in [0.15, 0.2) is 0 Å². The van der Waals surface area contributed by atoms with Crippen LogP contribution in [-0.4, -0.2) is 66.9 Å². The van der Waals surface area contributed by atoms with E-state index in [1.165, 1.54) is 5.56 Å². The van der Waals surface area contributed by atoms with E-state index in [-0.39, 0.29) is 17.7 Å². The molecule has 33 heavy (non-hydrogen) atoms. The number of amides is 2. The second-order valence-electron chi connectivity index (χ2n) is 8.95. The number of piperazine rings is 1. The summed E-state index contributed by atoms with van der Waals surface area (Å²) >= 11 is 0. The summed E-state index contributed by atoms with van der Waals surface area (Å²) in [5.74, 6) is -0.235. The van der Waals surface area contributed by atoms with Crippen LogP contribution in [0.1, 0.15) is 42.6 Å². The third kappa shape index (κ3) is 7.98. The van der Waals surface area contributed by atoms with Gasteiger partial charge in [-0.2, -0.15) is 0 Å². The number of rotatable bonds is 11. The van der Waals surface area contributed by atoms with Crippen molar-refractivity contribution in [2.75, 3.05) is 39.3 Å². The number of hydrogen-bond donors (Lipinski definition) is 2. The van der Waals surface area contributed by atoms with Crippen LogP contribution in [0.15, 0.2) is 60.7 Å². The largest absolute Gasteiger partial charge is 0.354 e. The number of benzene rings is 2. The fourth-order valence-electron chi connectivity index (χ4n) is 4.15. The predicted molar refractivity (Wildman–Crippen MR) is 133 cm³/mol. The highest BCUT2D eigenvalue weighted by atomic mass is 16.2.